The van der Waals surface area contributed by atoms with Crippen LogP contribution < -0.4 is 10.6 Å². The van der Waals surface area contributed by atoms with E-state index in [9.17, 15) is 4.79 Å². The number of nitrogens with zero attached hydrogens (tertiary/aromatic N) is 4. The molecule has 0 saturated heterocycles. The monoisotopic (exact) mass is 368 g/mol. The minimum atomic E-state index is -0.199. The van der Waals surface area contributed by atoms with Gasteiger partial charge in [-0.25, -0.2) is 0 Å². The molecule has 0 spiro atoms. The average molecular weight is 368 g/mol. The van der Waals surface area contributed by atoms with E-state index in [2.05, 4.69) is 44.4 Å². The van der Waals surface area contributed by atoms with Gasteiger partial charge in [-0.15, -0.1) is 10.2 Å². The maximum atomic E-state index is 12.7. The highest BCUT2D eigenvalue weighted by Gasteiger charge is 2.27. The highest BCUT2D eigenvalue weighted by atomic mass is 16.5. The van der Waals surface area contributed by atoms with Gasteiger partial charge in [0.25, 0.3) is 0 Å². The second-order valence-electron chi connectivity index (χ2n) is 7.22. The van der Waals surface area contributed by atoms with E-state index >= 15 is 0 Å². The highest BCUT2D eigenvalue weighted by Crippen LogP contribution is 2.23. The van der Waals surface area contributed by atoms with Crippen LogP contribution in [0, 0.1) is 5.92 Å². The van der Waals surface area contributed by atoms with Gasteiger partial charge in [-0.3, -0.25) is 4.79 Å². The summed E-state index contributed by atoms with van der Waals surface area (Å²) in [6.07, 6.45) is 1.01. The number of nitrogens with one attached hydrogen (secondary N) is 2. The molecule has 0 bridgehead atoms. The molecule has 142 valence electrons. The Labute approximate surface area is 157 Å². The minimum absolute atomic E-state index is 0.100. The van der Waals surface area contributed by atoms with Gasteiger partial charge < -0.3 is 19.7 Å². The van der Waals surface area contributed by atoms with E-state index in [0.29, 0.717) is 11.3 Å². The predicted octanol–water partition coefficient (Wildman–Crippen LogP) is 1.62. The molecule has 1 aliphatic heterocycles. The van der Waals surface area contributed by atoms with Crippen LogP contribution in [0.1, 0.15) is 37.2 Å². The summed E-state index contributed by atoms with van der Waals surface area (Å²) in [5.41, 5.74) is 1.34. The summed E-state index contributed by atoms with van der Waals surface area (Å²) in [6.45, 7) is 6.74. The SMILES string of the molecule is CC(C)[C@H](NC(=O)Cc1noc2ccccc12)c1nnc2n1CCNCC2. The Balaban J connectivity index is 1.53. The number of rotatable bonds is 5. The highest BCUT2D eigenvalue weighted by molar-refractivity contribution is 5.86. The van der Waals surface area contributed by atoms with Crippen LogP contribution in [0.3, 0.4) is 0 Å². The van der Waals surface area contributed by atoms with Crippen molar-refractivity contribution < 1.29 is 9.32 Å². The van der Waals surface area contributed by atoms with Crippen LogP contribution in [0.2, 0.25) is 0 Å². The fraction of sp³-hybridized carbons (Fsp3) is 0.474. The molecule has 27 heavy (non-hydrogen) atoms. The zero-order valence-electron chi connectivity index (χ0n) is 15.6. The maximum absolute atomic E-state index is 12.7. The van der Waals surface area contributed by atoms with E-state index in [1.54, 1.807) is 0 Å². The van der Waals surface area contributed by atoms with Crippen molar-refractivity contribution >= 4 is 16.9 Å². The van der Waals surface area contributed by atoms with Crippen LogP contribution in [-0.2, 0) is 24.2 Å². The van der Waals surface area contributed by atoms with Crippen molar-refractivity contribution in [1.29, 1.82) is 0 Å². The van der Waals surface area contributed by atoms with Crippen LogP contribution in [0.4, 0.5) is 0 Å². The van der Waals surface area contributed by atoms with Gasteiger partial charge in [0.2, 0.25) is 5.91 Å². The normalized spacial score (nSPS) is 15.5. The Morgan fingerprint density at radius 1 is 1.30 bits per heavy atom. The first-order valence-corrected chi connectivity index (χ1v) is 9.39. The largest absolute Gasteiger partial charge is 0.356 e. The summed E-state index contributed by atoms with van der Waals surface area (Å²) >= 11 is 0. The molecule has 3 heterocycles. The quantitative estimate of drug-likeness (QED) is 0.710. The maximum Gasteiger partial charge on any atom is 0.226 e. The molecule has 8 nitrogen and oxygen atoms in total. The van der Waals surface area contributed by atoms with Gasteiger partial charge in [0.15, 0.2) is 11.4 Å². The van der Waals surface area contributed by atoms with Gasteiger partial charge in [0.05, 0.1) is 12.5 Å². The molecule has 2 N–H and O–H groups in total. The molecule has 1 aliphatic rings. The lowest BCUT2D eigenvalue weighted by molar-refractivity contribution is -0.121. The van der Waals surface area contributed by atoms with Crippen molar-refractivity contribution in [3.8, 4) is 0 Å². The summed E-state index contributed by atoms with van der Waals surface area (Å²) in [4.78, 5) is 12.7. The zero-order chi connectivity index (χ0) is 18.8. The Hall–Kier alpha value is -2.74. The van der Waals surface area contributed by atoms with E-state index in [1.807, 2.05) is 24.3 Å². The van der Waals surface area contributed by atoms with E-state index in [1.165, 1.54) is 0 Å². The Morgan fingerprint density at radius 3 is 3.00 bits per heavy atom. The first-order valence-electron chi connectivity index (χ1n) is 9.39. The van der Waals surface area contributed by atoms with Gasteiger partial charge in [0, 0.05) is 31.4 Å². The van der Waals surface area contributed by atoms with Crippen molar-refractivity contribution in [3.05, 3.63) is 41.6 Å². The van der Waals surface area contributed by atoms with Crippen molar-refractivity contribution in [2.24, 2.45) is 5.92 Å². The number of hydrogen-bond donors (Lipinski definition) is 2. The number of benzene rings is 1. The summed E-state index contributed by atoms with van der Waals surface area (Å²) in [5.74, 6) is 1.88. The lowest BCUT2D eigenvalue weighted by Gasteiger charge is -2.22. The molecule has 0 radical (unpaired) electrons. The first-order chi connectivity index (χ1) is 13.1. The van der Waals surface area contributed by atoms with Gasteiger partial charge in [-0.2, -0.15) is 0 Å². The molecular formula is C19H24N6O2. The number of carbonyl (C=O) groups is 1. The molecule has 0 fully saturated rings. The Morgan fingerprint density at radius 2 is 2.15 bits per heavy atom. The summed E-state index contributed by atoms with van der Waals surface area (Å²) in [5, 5.41) is 20.2. The Bertz CT molecular complexity index is 945. The number of fused-ring (bicyclic) bond motifs is 2. The van der Waals surface area contributed by atoms with Gasteiger partial charge >= 0.3 is 0 Å². The molecule has 2 aromatic heterocycles. The Kier molecular flexibility index (Phi) is 4.89. The molecule has 1 aromatic carbocycles. The molecule has 0 aliphatic carbocycles. The minimum Gasteiger partial charge on any atom is -0.356 e. The van der Waals surface area contributed by atoms with E-state index in [4.69, 9.17) is 4.52 Å². The van der Waals surface area contributed by atoms with Crippen LogP contribution >= 0.6 is 0 Å². The van der Waals surface area contributed by atoms with Gasteiger partial charge in [0.1, 0.15) is 11.5 Å². The van der Waals surface area contributed by atoms with Gasteiger partial charge in [-0.1, -0.05) is 31.1 Å². The van der Waals surface area contributed by atoms with Crippen LogP contribution in [0.25, 0.3) is 11.0 Å². The zero-order valence-corrected chi connectivity index (χ0v) is 15.6. The number of hydrogen-bond acceptors (Lipinski definition) is 6. The third-order valence-electron chi connectivity index (χ3n) is 4.94. The van der Waals surface area contributed by atoms with Crippen molar-refractivity contribution in [3.63, 3.8) is 0 Å². The molecular weight excluding hydrogens is 344 g/mol. The third kappa shape index (κ3) is 3.57. The fourth-order valence-electron chi connectivity index (χ4n) is 3.50. The van der Waals surface area contributed by atoms with Crippen molar-refractivity contribution in [1.82, 2.24) is 30.6 Å². The first kappa shape index (κ1) is 17.7. The molecule has 3 aromatic rings. The lowest BCUT2D eigenvalue weighted by Crippen LogP contribution is -2.35. The van der Waals surface area contributed by atoms with E-state index in [-0.39, 0.29) is 24.3 Å². The second kappa shape index (κ2) is 7.48. The molecule has 1 amide bonds. The predicted molar refractivity (Wildman–Crippen MR) is 100 cm³/mol. The smallest absolute Gasteiger partial charge is 0.226 e. The summed E-state index contributed by atoms with van der Waals surface area (Å²) in [6, 6.07) is 7.37. The number of amides is 1. The van der Waals surface area contributed by atoms with E-state index in [0.717, 1.165) is 43.1 Å². The number of para-hydroxylation sites is 1. The van der Waals surface area contributed by atoms with Crippen LogP contribution in [0.5, 0.6) is 0 Å². The number of aromatic nitrogens is 4. The molecule has 4 rings (SSSR count). The standard InChI is InChI=1S/C19H24N6O2/c1-12(2)18(19-23-22-16-7-8-20-9-10-25(16)19)21-17(26)11-14-13-5-3-4-6-15(13)27-24-14/h3-6,12,18,20H,7-11H2,1-2H3,(H,21,26)/t18-/m0/s1. The van der Waals surface area contributed by atoms with Crippen LogP contribution in [0.15, 0.2) is 28.8 Å². The molecule has 8 heteroatoms. The van der Waals surface area contributed by atoms with Crippen molar-refractivity contribution in [2.75, 3.05) is 13.1 Å². The van der Waals surface area contributed by atoms with Crippen LogP contribution in [-0.4, -0.2) is 38.9 Å². The van der Waals surface area contributed by atoms with Crippen molar-refractivity contribution in [2.45, 2.75) is 39.3 Å². The topological polar surface area (TPSA) is 97.9 Å². The molecule has 0 unspecified atom stereocenters. The second-order valence-corrected chi connectivity index (χ2v) is 7.22. The number of carbonyl (C=O) groups excluding carboxylic acids is 1. The molecule has 1 atom stereocenters. The lowest BCUT2D eigenvalue weighted by atomic mass is 10.0. The molecule has 0 saturated carbocycles. The third-order valence-corrected chi connectivity index (χ3v) is 4.94. The summed E-state index contributed by atoms with van der Waals surface area (Å²) in [7, 11) is 0. The summed E-state index contributed by atoms with van der Waals surface area (Å²) < 4.78 is 7.43. The van der Waals surface area contributed by atoms with E-state index < -0.39 is 0 Å². The fourth-order valence-corrected chi connectivity index (χ4v) is 3.50. The average Bonchev–Trinajstić information content (AvgIpc) is 3.16. The van der Waals surface area contributed by atoms with Gasteiger partial charge in [-0.05, 0) is 18.1 Å².